The lowest BCUT2D eigenvalue weighted by Gasteiger charge is -2.06. The van der Waals surface area contributed by atoms with Gasteiger partial charge >= 0.3 is 5.97 Å². The molecule has 0 fully saturated rings. The number of carbonyl (C=O) groups is 2. The number of esters is 1. The fourth-order valence-electron chi connectivity index (χ4n) is 2.70. The minimum Gasteiger partial charge on any atom is -0.496 e. The van der Waals surface area contributed by atoms with Crippen molar-refractivity contribution in [3.8, 4) is 5.75 Å². The first-order valence-corrected chi connectivity index (χ1v) is 8.74. The van der Waals surface area contributed by atoms with Gasteiger partial charge in [-0.15, -0.1) is 0 Å². The fourth-order valence-corrected chi connectivity index (χ4v) is 3.81. The van der Waals surface area contributed by atoms with Crippen LogP contribution in [0.3, 0.4) is 0 Å². The van der Waals surface area contributed by atoms with Gasteiger partial charge in [-0.3, -0.25) is 9.59 Å². The maximum atomic E-state index is 12.7. The van der Waals surface area contributed by atoms with Gasteiger partial charge in [0.1, 0.15) is 12.3 Å². The van der Waals surface area contributed by atoms with Crippen LogP contribution in [0.1, 0.15) is 15.9 Å². The van der Waals surface area contributed by atoms with Gasteiger partial charge in [-0.25, -0.2) is 0 Å². The predicted molar refractivity (Wildman–Crippen MR) is 99.5 cm³/mol. The second kappa shape index (κ2) is 7.53. The van der Waals surface area contributed by atoms with Crippen LogP contribution in [0.2, 0.25) is 0 Å². The molecule has 0 atom stereocenters. The number of carbonyl (C=O) groups excluding carboxylic acids is 2. The molecule has 6 nitrogen and oxygen atoms in total. The lowest BCUT2D eigenvalue weighted by atomic mass is 10.2. The average molecular weight is 370 g/mol. The molecule has 0 saturated heterocycles. The van der Waals surface area contributed by atoms with Crippen LogP contribution in [0, 0.1) is 6.92 Å². The van der Waals surface area contributed by atoms with Crippen molar-refractivity contribution >= 4 is 33.4 Å². The minimum absolute atomic E-state index is 0.0145. The zero-order valence-electron chi connectivity index (χ0n) is 14.7. The van der Waals surface area contributed by atoms with Crippen molar-refractivity contribution in [2.75, 3.05) is 14.2 Å². The van der Waals surface area contributed by atoms with E-state index in [0.717, 1.165) is 15.8 Å². The van der Waals surface area contributed by atoms with E-state index in [-0.39, 0.29) is 6.54 Å². The standard InChI is InChI=1S/C19H18N2O4S/c1-12-7-6-10-15-17(12)21(11-16(22)25-3)19(26-15)20-18(23)13-8-4-5-9-14(13)24-2/h4-10H,11H2,1-3H3. The van der Waals surface area contributed by atoms with Crippen LogP contribution < -0.4 is 9.54 Å². The van der Waals surface area contributed by atoms with Crippen molar-refractivity contribution in [3.63, 3.8) is 0 Å². The van der Waals surface area contributed by atoms with Gasteiger partial charge in [0.2, 0.25) is 0 Å². The molecular formula is C19H18N2O4S. The summed E-state index contributed by atoms with van der Waals surface area (Å²) in [4.78, 5) is 29.2. The van der Waals surface area contributed by atoms with Crippen molar-refractivity contribution in [2.24, 2.45) is 4.99 Å². The minimum atomic E-state index is -0.426. The van der Waals surface area contributed by atoms with Crippen molar-refractivity contribution in [1.29, 1.82) is 0 Å². The van der Waals surface area contributed by atoms with Gasteiger partial charge in [-0.1, -0.05) is 35.6 Å². The molecule has 26 heavy (non-hydrogen) atoms. The summed E-state index contributed by atoms with van der Waals surface area (Å²) in [7, 11) is 2.84. The Hall–Kier alpha value is -2.93. The number of methoxy groups -OCH3 is 2. The summed E-state index contributed by atoms with van der Waals surface area (Å²) in [5, 5.41) is 0. The van der Waals surface area contributed by atoms with Crippen LogP contribution in [0.4, 0.5) is 0 Å². The number of hydrogen-bond donors (Lipinski definition) is 0. The molecule has 0 saturated carbocycles. The monoisotopic (exact) mass is 370 g/mol. The second-order valence-corrected chi connectivity index (χ2v) is 6.59. The smallest absolute Gasteiger partial charge is 0.325 e. The highest BCUT2D eigenvalue weighted by Crippen LogP contribution is 2.22. The van der Waals surface area contributed by atoms with E-state index in [0.29, 0.717) is 16.1 Å². The summed E-state index contributed by atoms with van der Waals surface area (Å²) >= 11 is 1.35. The number of thiazole rings is 1. The molecule has 2 aromatic carbocycles. The van der Waals surface area contributed by atoms with E-state index < -0.39 is 11.9 Å². The van der Waals surface area contributed by atoms with E-state index in [1.165, 1.54) is 25.6 Å². The molecule has 3 rings (SSSR count). The number of amides is 1. The van der Waals surface area contributed by atoms with E-state index in [1.54, 1.807) is 28.8 Å². The van der Waals surface area contributed by atoms with Gasteiger partial charge in [-0.2, -0.15) is 4.99 Å². The van der Waals surface area contributed by atoms with Crippen LogP contribution >= 0.6 is 11.3 Å². The SMILES string of the molecule is COC(=O)Cn1c(=NC(=O)c2ccccc2OC)sc2cccc(C)c21. The van der Waals surface area contributed by atoms with Crippen LogP contribution in [0.15, 0.2) is 47.5 Å². The molecule has 0 aliphatic heterocycles. The van der Waals surface area contributed by atoms with E-state index >= 15 is 0 Å². The number of aryl methyl sites for hydroxylation is 1. The molecule has 1 heterocycles. The van der Waals surface area contributed by atoms with E-state index in [1.807, 2.05) is 25.1 Å². The molecule has 1 aromatic heterocycles. The molecule has 0 spiro atoms. The van der Waals surface area contributed by atoms with Crippen molar-refractivity contribution in [2.45, 2.75) is 13.5 Å². The largest absolute Gasteiger partial charge is 0.496 e. The number of benzene rings is 2. The van der Waals surface area contributed by atoms with Gasteiger partial charge in [0.25, 0.3) is 5.91 Å². The Morgan fingerprint density at radius 1 is 1.12 bits per heavy atom. The summed E-state index contributed by atoms with van der Waals surface area (Å²) < 4.78 is 12.7. The quantitative estimate of drug-likeness (QED) is 0.662. The molecule has 134 valence electrons. The first kappa shape index (κ1) is 17.9. The third-order valence-electron chi connectivity index (χ3n) is 3.95. The number of para-hydroxylation sites is 2. The lowest BCUT2D eigenvalue weighted by molar-refractivity contribution is -0.141. The van der Waals surface area contributed by atoms with Crippen molar-refractivity contribution in [1.82, 2.24) is 4.57 Å². The number of hydrogen-bond acceptors (Lipinski definition) is 5. The highest BCUT2D eigenvalue weighted by Gasteiger charge is 2.15. The summed E-state index contributed by atoms with van der Waals surface area (Å²) in [5.74, 6) is -0.373. The van der Waals surface area contributed by atoms with Crippen LogP contribution in [-0.4, -0.2) is 30.7 Å². The van der Waals surface area contributed by atoms with Gasteiger partial charge in [0.05, 0.1) is 30.0 Å². The maximum absolute atomic E-state index is 12.7. The van der Waals surface area contributed by atoms with Crippen LogP contribution in [0.25, 0.3) is 10.2 Å². The number of fused-ring (bicyclic) bond motifs is 1. The first-order chi connectivity index (χ1) is 12.5. The van der Waals surface area contributed by atoms with Crippen molar-refractivity contribution < 1.29 is 19.1 Å². The Kier molecular flexibility index (Phi) is 5.18. The molecule has 0 N–H and O–H groups in total. The Morgan fingerprint density at radius 3 is 2.62 bits per heavy atom. The topological polar surface area (TPSA) is 69.9 Å². The van der Waals surface area contributed by atoms with Crippen LogP contribution in [0.5, 0.6) is 5.75 Å². The summed E-state index contributed by atoms with van der Waals surface area (Å²) in [6.07, 6.45) is 0. The molecule has 0 radical (unpaired) electrons. The van der Waals surface area contributed by atoms with E-state index in [4.69, 9.17) is 9.47 Å². The molecule has 0 bridgehead atoms. The molecule has 3 aromatic rings. The van der Waals surface area contributed by atoms with Gasteiger partial charge in [-0.05, 0) is 30.7 Å². The van der Waals surface area contributed by atoms with Gasteiger partial charge in [0.15, 0.2) is 4.80 Å². The van der Waals surface area contributed by atoms with Gasteiger partial charge in [0, 0.05) is 0 Å². The maximum Gasteiger partial charge on any atom is 0.325 e. The third kappa shape index (κ3) is 3.39. The number of rotatable bonds is 4. The molecule has 0 unspecified atom stereocenters. The number of aromatic nitrogens is 1. The highest BCUT2D eigenvalue weighted by atomic mass is 32.1. The first-order valence-electron chi connectivity index (χ1n) is 7.93. The van der Waals surface area contributed by atoms with Gasteiger partial charge < -0.3 is 14.0 Å². The number of nitrogens with zero attached hydrogens (tertiary/aromatic N) is 2. The fraction of sp³-hybridized carbons (Fsp3) is 0.211. The molecule has 7 heteroatoms. The molecular weight excluding hydrogens is 352 g/mol. The zero-order chi connectivity index (χ0) is 18.7. The van der Waals surface area contributed by atoms with E-state index in [2.05, 4.69) is 4.99 Å². The molecule has 0 aliphatic carbocycles. The highest BCUT2D eigenvalue weighted by molar-refractivity contribution is 7.16. The second-order valence-electron chi connectivity index (χ2n) is 5.59. The normalized spacial score (nSPS) is 11.6. The summed E-state index contributed by atoms with van der Waals surface area (Å²) in [5.41, 5.74) is 2.23. The Labute approximate surface area is 154 Å². The summed E-state index contributed by atoms with van der Waals surface area (Å²) in [6.45, 7) is 1.94. The molecule has 1 amide bonds. The number of ether oxygens (including phenoxy) is 2. The third-order valence-corrected chi connectivity index (χ3v) is 5.00. The zero-order valence-corrected chi connectivity index (χ0v) is 15.5. The Morgan fingerprint density at radius 2 is 1.88 bits per heavy atom. The van der Waals surface area contributed by atoms with Crippen LogP contribution in [-0.2, 0) is 16.1 Å². The lowest BCUT2D eigenvalue weighted by Crippen LogP contribution is -2.22. The Balaban J connectivity index is 2.18. The average Bonchev–Trinajstić information content (AvgIpc) is 2.99. The van der Waals surface area contributed by atoms with Crippen molar-refractivity contribution in [3.05, 3.63) is 58.4 Å². The predicted octanol–water partition coefficient (Wildman–Crippen LogP) is 2.93. The Bertz CT molecular complexity index is 1050. The summed E-state index contributed by atoms with van der Waals surface area (Å²) in [6, 6.07) is 12.7. The van der Waals surface area contributed by atoms with E-state index in [9.17, 15) is 9.59 Å². The molecule has 0 aliphatic rings.